The Kier molecular flexibility index (Phi) is 8.30. The van der Waals surface area contributed by atoms with Gasteiger partial charge in [-0.15, -0.1) is 0 Å². The zero-order valence-corrected chi connectivity index (χ0v) is 21.2. The molecule has 0 fully saturated rings. The van der Waals surface area contributed by atoms with Gasteiger partial charge in [-0.1, -0.05) is 66.2 Å². The second-order valence-electron chi connectivity index (χ2n) is 8.41. The van der Waals surface area contributed by atoms with Gasteiger partial charge in [0.25, 0.3) is 10.0 Å². The van der Waals surface area contributed by atoms with E-state index < -0.39 is 28.5 Å². The number of sulfonamides is 1. The predicted octanol–water partition coefficient (Wildman–Crippen LogP) is 3.66. The van der Waals surface area contributed by atoms with Crippen molar-refractivity contribution in [2.75, 3.05) is 17.9 Å². The van der Waals surface area contributed by atoms with Crippen LogP contribution < -0.4 is 9.62 Å². The summed E-state index contributed by atoms with van der Waals surface area (Å²) < 4.78 is 28.6. The van der Waals surface area contributed by atoms with E-state index in [1.807, 2.05) is 56.3 Å². The molecule has 0 radical (unpaired) electrons. The van der Waals surface area contributed by atoms with Crippen LogP contribution >= 0.6 is 0 Å². The Balaban J connectivity index is 2.05. The second-order valence-corrected chi connectivity index (χ2v) is 10.3. The Morgan fingerprint density at radius 2 is 1.51 bits per heavy atom. The van der Waals surface area contributed by atoms with E-state index in [0.717, 1.165) is 21.0 Å². The Bertz CT molecular complexity index is 1280. The minimum absolute atomic E-state index is 0.0849. The number of hydrogen-bond donors (Lipinski definition) is 1. The number of rotatable bonds is 9. The molecule has 8 heteroatoms. The van der Waals surface area contributed by atoms with E-state index in [2.05, 4.69) is 5.32 Å². The Hall–Kier alpha value is -3.65. The van der Waals surface area contributed by atoms with E-state index in [-0.39, 0.29) is 17.3 Å². The van der Waals surface area contributed by atoms with Crippen LogP contribution in [0.15, 0.2) is 83.8 Å². The van der Waals surface area contributed by atoms with Crippen LogP contribution in [0, 0.1) is 13.8 Å². The maximum atomic E-state index is 13.7. The molecular formula is C27H31N3O4S. The van der Waals surface area contributed by atoms with Crippen LogP contribution in [0.1, 0.15) is 23.6 Å². The molecule has 0 saturated heterocycles. The van der Waals surface area contributed by atoms with Crippen LogP contribution in [0.3, 0.4) is 0 Å². The van der Waals surface area contributed by atoms with Crippen molar-refractivity contribution >= 4 is 27.5 Å². The first-order chi connectivity index (χ1) is 16.6. The molecule has 0 aliphatic carbocycles. The first kappa shape index (κ1) is 26.0. The molecule has 0 aromatic heterocycles. The van der Waals surface area contributed by atoms with E-state index in [4.69, 9.17) is 0 Å². The van der Waals surface area contributed by atoms with E-state index in [9.17, 15) is 18.0 Å². The van der Waals surface area contributed by atoms with Gasteiger partial charge < -0.3 is 10.2 Å². The van der Waals surface area contributed by atoms with E-state index >= 15 is 0 Å². The third kappa shape index (κ3) is 6.08. The first-order valence-corrected chi connectivity index (χ1v) is 12.8. The van der Waals surface area contributed by atoms with Gasteiger partial charge in [-0.25, -0.2) is 8.42 Å². The van der Waals surface area contributed by atoms with Crippen molar-refractivity contribution in [2.24, 2.45) is 0 Å². The molecule has 184 valence electrons. The number of likely N-dealkylation sites (N-methyl/N-ethyl adjacent to an activating group) is 1. The molecule has 0 aliphatic heterocycles. The normalized spacial score (nSPS) is 12.0. The van der Waals surface area contributed by atoms with Crippen LogP contribution in [0.4, 0.5) is 5.69 Å². The Morgan fingerprint density at radius 3 is 2.09 bits per heavy atom. The minimum Gasteiger partial charge on any atom is -0.357 e. The highest BCUT2D eigenvalue weighted by Gasteiger charge is 2.32. The summed E-state index contributed by atoms with van der Waals surface area (Å²) in [6.45, 7) is 5.09. The van der Waals surface area contributed by atoms with Gasteiger partial charge in [-0.05, 0) is 50.1 Å². The third-order valence-corrected chi connectivity index (χ3v) is 7.61. The Labute approximate surface area is 207 Å². The first-order valence-electron chi connectivity index (χ1n) is 11.3. The average molecular weight is 494 g/mol. The lowest BCUT2D eigenvalue weighted by Crippen LogP contribution is -2.50. The van der Waals surface area contributed by atoms with Crippen LogP contribution in [-0.4, -0.2) is 44.8 Å². The fourth-order valence-electron chi connectivity index (χ4n) is 3.89. The van der Waals surface area contributed by atoms with Gasteiger partial charge in [0.1, 0.15) is 12.6 Å². The maximum Gasteiger partial charge on any atom is 0.264 e. The van der Waals surface area contributed by atoms with Gasteiger partial charge >= 0.3 is 0 Å². The molecule has 2 amide bonds. The summed E-state index contributed by atoms with van der Waals surface area (Å²) in [6.07, 6.45) is 0. The maximum absolute atomic E-state index is 13.7. The highest BCUT2D eigenvalue weighted by molar-refractivity contribution is 7.92. The fraction of sp³-hybridized carbons (Fsp3) is 0.259. The van der Waals surface area contributed by atoms with Crippen molar-refractivity contribution in [2.45, 2.75) is 38.3 Å². The standard InChI is InChI=1S/C27H31N3O4S/c1-20-15-16-25(21(2)17-20)30(35(33,34)24-13-9-6-10-14-24)19-26(31)29(22(3)27(32)28-4)18-23-11-7-5-8-12-23/h5-17,22H,18-19H2,1-4H3,(H,28,32)/t22-/m0/s1. The minimum atomic E-state index is -4.06. The number of benzene rings is 3. The molecule has 3 aromatic carbocycles. The summed E-state index contributed by atoms with van der Waals surface area (Å²) in [5.41, 5.74) is 2.96. The van der Waals surface area contributed by atoms with Crippen LogP contribution in [0.2, 0.25) is 0 Å². The zero-order valence-electron chi connectivity index (χ0n) is 20.4. The summed E-state index contributed by atoms with van der Waals surface area (Å²) in [6, 6.07) is 21.9. The quantitative estimate of drug-likeness (QED) is 0.493. The number of nitrogens with zero attached hydrogens (tertiary/aromatic N) is 2. The average Bonchev–Trinajstić information content (AvgIpc) is 2.86. The molecule has 3 aromatic rings. The lowest BCUT2D eigenvalue weighted by atomic mass is 10.1. The summed E-state index contributed by atoms with van der Waals surface area (Å²) in [7, 11) is -2.55. The molecule has 1 N–H and O–H groups in total. The highest BCUT2D eigenvalue weighted by Crippen LogP contribution is 2.28. The molecule has 0 heterocycles. The van der Waals surface area contributed by atoms with Gasteiger partial charge in [0.05, 0.1) is 10.6 Å². The molecule has 35 heavy (non-hydrogen) atoms. The largest absolute Gasteiger partial charge is 0.357 e. The summed E-state index contributed by atoms with van der Waals surface area (Å²) in [5, 5.41) is 2.58. The number of nitrogens with one attached hydrogen (secondary N) is 1. The van der Waals surface area contributed by atoms with E-state index in [0.29, 0.717) is 5.69 Å². The highest BCUT2D eigenvalue weighted by atomic mass is 32.2. The monoisotopic (exact) mass is 493 g/mol. The molecule has 0 unspecified atom stereocenters. The molecule has 7 nitrogen and oxygen atoms in total. The van der Waals surface area contributed by atoms with Gasteiger partial charge in [-0.3, -0.25) is 13.9 Å². The number of anilines is 1. The smallest absolute Gasteiger partial charge is 0.264 e. The predicted molar refractivity (Wildman–Crippen MR) is 137 cm³/mol. The zero-order chi connectivity index (χ0) is 25.6. The fourth-order valence-corrected chi connectivity index (χ4v) is 5.39. The topological polar surface area (TPSA) is 86.8 Å². The van der Waals surface area contributed by atoms with Crippen LogP contribution in [0.25, 0.3) is 0 Å². The van der Waals surface area contributed by atoms with E-state index in [1.54, 1.807) is 31.2 Å². The lowest BCUT2D eigenvalue weighted by Gasteiger charge is -2.32. The van der Waals surface area contributed by atoms with E-state index in [1.165, 1.54) is 24.1 Å². The molecular weight excluding hydrogens is 462 g/mol. The van der Waals surface area contributed by atoms with Gasteiger partial charge in [0.15, 0.2) is 0 Å². The summed E-state index contributed by atoms with van der Waals surface area (Å²) in [4.78, 5) is 27.7. The van der Waals surface area contributed by atoms with Crippen LogP contribution in [-0.2, 0) is 26.2 Å². The van der Waals surface area contributed by atoms with Crippen molar-refractivity contribution in [3.63, 3.8) is 0 Å². The summed E-state index contributed by atoms with van der Waals surface area (Å²) in [5.74, 6) is -0.817. The molecule has 3 rings (SSSR count). The number of carbonyl (C=O) groups excluding carboxylic acids is 2. The SMILES string of the molecule is CNC(=O)[C@H](C)N(Cc1ccccc1)C(=O)CN(c1ccc(C)cc1C)S(=O)(=O)c1ccccc1. The van der Waals surface area contributed by atoms with Crippen molar-refractivity contribution in [3.8, 4) is 0 Å². The van der Waals surface area contributed by atoms with Gasteiger partial charge in [-0.2, -0.15) is 0 Å². The number of aryl methyl sites for hydroxylation is 2. The van der Waals surface area contributed by atoms with Crippen molar-refractivity contribution in [3.05, 3.63) is 95.6 Å². The number of amides is 2. The molecule has 0 aliphatic rings. The summed E-state index contributed by atoms with van der Waals surface area (Å²) >= 11 is 0. The van der Waals surface area contributed by atoms with Gasteiger partial charge in [0.2, 0.25) is 11.8 Å². The van der Waals surface area contributed by atoms with Crippen LogP contribution in [0.5, 0.6) is 0 Å². The number of hydrogen-bond acceptors (Lipinski definition) is 4. The molecule has 0 spiro atoms. The molecule has 0 bridgehead atoms. The van der Waals surface area contributed by atoms with Crippen molar-refractivity contribution < 1.29 is 18.0 Å². The lowest BCUT2D eigenvalue weighted by molar-refractivity contribution is -0.139. The molecule has 0 saturated carbocycles. The number of carbonyl (C=O) groups is 2. The Morgan fingerprint density at radius 1 is 0.914 bits per heavy atom. The third-order valence-electron chi connectivity index (χ3n) is 5.84. The van der Waals surface area contributed by atoms with Gasteiger partial charge in [0, 0.05) is 13.6 Å². The van der Waals surface area contributed by atoms with Crippen molar-refractivity contribution in [1.82, 2.24) is 10.2 Å². The van der Waals surface area contributed by atoms with Crippen molar-refractivity contribution in [1.29, 1.82) is 0 Å². The molecule has 1 atom stereocenters. The second kappa shape index (κ2) is 11.2.